The molecule has 0 radical (unpaired) electrons. The third-order valence-corrected chi connectivity index (χ3v) is 5.16. The summed E-state index contributed by atoms with van der Waals surface area (Å²) >= 11 is 1.42. The minimum Gasteiger partial charge on any atom is -0.494 e. The molecule has 1 heterocycles. The first-order valence-electron chi connectivity index (χ1n) is 6.08. The molecule has 5 nitrogen and oxygen atoms in total. The van der Waals surface area contributed by atoms with E-state index in [2.05, 4.69) is 4.98 Å². The number of rotatable bonds is 5. The molecule has 108 valence electrons. The maximum absolute atomic E-state index is 12.4. The molecule has 0 aliphatic heterocycles. The highest BCUT2D eigenvalue weighted by molar-refractivity contribution is 7.90. The van der Waals surface area contributed by atoms with Crippen LogP contribution in [-0.4, -0.2) is 20.0 Å². The molecular weight excluding hydrogens is 296 g/mol. The average Bonchev–Trinajstić information content (AvgIpc) is 2.76. The summed E-state index contributed by atoms with van der Waals surface area (Å²) in [6.45, 7) is 4.14. The van der Waals surface area contributed by atoms with Crippen LogP contribution in [0.2, 0.25) is 0 Å². The fourth-order valence-electron chi connectivity index (χ4n) is 1.79. The van der Waals surface area contributed by atoms with Gasteiger partial charge in [0.2, 0.25) is 0 Å². The molecular formula is C13H16N2O3S2. The van der Waals surface area contributed by atoms with Gasteiger partial charge in [-0.1, -0.05) is 0 Å². The number of ether oxygens (including phenoxy) is 1. The Morgan fingerprint density at radius 3 is 2.75 bits per heavy atom. The van der Waals surface area contributed by atoms with Gasteiger partial charge in [-0.25, -0.2) is 13.4 Å². The molecule has 0 saturated carbocycles. The number of thiazole rings is 1. The Hall–Kier alpha value is -1.60. The highest BCUT2D eigenvalue weighted by atomic mass is 32.2. The molecule has 7 heteroatoms. The third kappa shape index (κ3) is 3.29. The van der Waals surface area contributed by atoms with Crippen LogP contribution in [0.5, 0.6) is 5.75 Å². The van der Waals surface area contributed by atoms with Crippen molar-refractivity contribution < 1.29 is 13.2 Å². The van der Waals surface area contributed by atoms with Gasteiger partial charge in [0.1, 0.15) is 5.75 Å². The Morgan fingerprint density at radius 1 is 1.40 bits per heavy atom. The predicted octanol–water partition coefficient (Wildman–Crippen LogP) is 2.41. The third-order valence-electron chi connectivity index (χ3n) is 2.64. The zero-order chi connectivity index (χ0) is 14.8. The number of aromatic nitrogens is 1. The Kier molecular flexibility index (Phi) is 4.29. The van der Waals surface area contributed by atoms with Crippen molar-refractivity contribution in [1.29, 1.82) is 0 Å². The molecule has 0 atom stereocenters. The van der Waals surface area contributed by atoms with Gasteiger partial charge in [-0.2, -0.15) is 0 Å². The zero-order valence-corrected chi connectivity index (χ0v) is 12.9. The van der Waals surface area contributed by atoms with Crippen molar-refractivity contribution in [3.05, 3.63) is 34.3 Å². The monoisotopic (exact) mass is 312 g/mol. The Balaban J connectivity index is 2.35. The van der Waals surface area contributed by atoms with Crippen molar-refractivity contribution in [1.82, 2.24) is 4.98 Å². The van der Waals surface area contributed by atoms with Crippen LogP contribution in [0, 0.1) is 6.92 Å². The summed E-state index contributed by atoms with van der Waals surface area (Å²) in [7, 11) is -3.53. The van der Waals surface area contributed by atoms with E-state index in [9.17, 15) is 8.42 Å². The van der Waals surface area contributed by atoms with Gasteiger partial charge in [-0.05, 0) is 26.0 Å². The summed E-state index contributed by atoms with van der Waals surface area (Å²) in [4.78, 5) is 4.27. The normalized spacial score (nSPS) is 11.5. The van der Waals surface area contributed by atoms with E-state index in [1.807, 2.05) is 13.8 Å². The Morgan fingerprint density at radius 2 is 2.15 bits per heavy atom. The smallest absolute Gasteiger partial charge is 0.186 e. The van der Waals surface area contributed by atoms with Crippen molar-refractivity contribution >= 4 is 26.9 Å². The standard InChI is InChI=1S/C13H16N2O3S2/c1-3-18-11-4-5-12(14)13(6-11)20(16,17)8-10-7-19-9(2)15-10/h4-7H,3,8,14H2,1-2H3. The summed E-state index contributed by atoms with van der Waals surface area (Å²) < 4.78 is 30.2. The van der Waals surface area contributed by atoms with Crippen LogP contribution in [0.4, 0.5) is 5.69 Å². The number of nitrogens with zero attached hydrogens (tertiary/aromatic N) is 1. The highest BCUT2D eigenvalue weighted by Crippen LogP contribution is 2.27. The second-order valence-electron chi connectivity index (χ2n) is 4.25. The fourth-order valence-corrected chi connectivity index (χ4v) is 3.92. The Bertz CT molecular complexity index is 708. The maximum Gasteiger partial charge on any atom is 0.186 e. The molecule has 1 aromatic heterocycles. The van der Waals surface area contributed by atoms with Crippen molar-refractivity contribution in [3.63, 3.8) is 0 Å². The largest absolute Gasteiger partial charge is 0.494 e. The number of sulfone groups is 1. The van der Waals surface area contributed by atoms with Gasteiger partial charge in [0.05, 0.1) is 33.6 Å². The predicted molar refractivity (Wildman–Crippen MR) is 79.8 cm³/mol. The number of nitrogen functional groups attached to an aromatic ring is 1. The topological polar surface area (TPSA) is 82.3 Å². The lowest BCUT2D eigenvalue weighted by Gasteiger charge is -2.09. The lowest BCUT2D eigenvalue weighted by atomic mass is 10.3. The highest BCUT2D eigenvalue weighted by Gasteiger charge is 2.20. The van der Waals surface area contributed by atoms with E-state index in [0.29, 0.717) is 18.1 Å². The van der Waals surface area contributed by atoms with Gasteiger partial charge in [-0.3, -0.25) is 0 Å². The summed E-state index contributed by atoms with van der Waals surface area (Å²) in [6, 6.07) is 4.67. The SMILES string of the molecule is CCOc1ccc(N)c(S(=O)(=O)Cc2csc(C)n2)c1. The first-order chi connectivity index (χ1) is 9.42. The lowest BCUT2D eigenvalue weighted by Crippen LogP contribution is -2.09. The number of anilines is 1. The van der Waals surface area contributed by atoms with E-state index < -0.39 is 9.84 Å². The van der Waals surface area contributed by atoms with Gasteiger partial charge in [0.15, 0.2) is 9.84 Å². The molecule has 0 bridgehead atoms. The summed E-state index contributed by atoms with van der Waals surface area (Å²) in [6.07, 6.45) is 0. The van der Waals surface area contributed by atoms with E-state index in [-0.39, 0.29) is 16.3 Å². The molecule has 0 fully saturated rings. The van der Waals surface area contributed by atoms with Crippen LogP contribution in [0.1, 0.15) is 17.6 Å². The summed E-state index contributed by atoms with van der Waals surface area (Å²) in [5.74, 6) is 0.339. The fraction of sp³-hybridized carbons (Fsp3) is 0.308. The van der Waals surface area contributed by atoms with Crippen LogP contribution in [0.15, 0.2) is 28.5 Å². The minimum atomic E-state index is -3.53. The van der Waals surface area contributed by atoms with Crippen molar-refractivity contribution in [2.45, 2.75) is 24.5 Å². The van der Waals surface area contributed by atoms with E-state index in [1.54, 1.807) is 17.5 Å². The van der Waals surface area contributed by atoms with Crippen LogP contribution < -0.4 is 10.5 Å². The van der Waals surface area contributed by atoms with Gasteiger partial charge in [0.25, 0.3) is 0 Å². The van der Waals surface area contributed by atoms with E-state index in [4.69, 9.17) is 10.5 Å². The Labute approximate surface area is 122 Å². The molecule has 0 spiro atoms. The van der Waals surface area contributed by atoms with Gasteiger partial charge < -0.3 is 10.5 Å². The molecule has 2 aromatic rings. The van der Waals surface area contributed by atoms with Gasteiger partial charge in [0, 0.05) is 11.4 Å². The van der Waals surface area contributed by atoms with Crippen LogP contribution in [0.3, 0.4) is 0 Å². The van der Waals surface area contributed by atoms with Gasteiger partial charge >= 0.3 is 0 Å². The van der Waals surface area contributed by atoms with Crippen LogP contribution in [-0.2, 0) is 15.6 Å². The molecule has 20 heavy (non-hydrogen) atoms. The number of aryl methyl sites for hydroxylation is 1. The first kappa shape index (κ1) is 14.8. The second kappa shape index (κ2) is 5.80. The minimum absolute atomic E-state index is 0.0918. The molecule has 2 N–H and O–H groups in total. The molecule has 2 rings (SSSR count). The van der Waals surface area contributed by atoms with E-state index in [0.717, 1.165) is 5.01 Å². The van der Waals surface area contributed by atoms with Crippen molar-refractivity contribution in [3.8, 4) is 5.75 Å². The number of hydrogen-bond acceptors (Lipinski definition) is 6. The molecule has 0 aliphatic carbocycles. The number of benzene rings is 1. The van der Waals surface area contributed by atoms with Crippen LogP contribution >= 0.6 is 11.3 Å². The molecule has 0 amide bonds. The first-order valence-corrected chi connectivity index (χ1v) is 8.61. The molecule has 0 saturated heterocycles. The second-order valence-corrected chi connectivity index (χ2v) is 7.27. The zero-order valence-electron chi connectivity index (χ0n) is 11.3. The summed E-state index contributed by atoms with van der Waals surface area (Å²) in [5.41, 5.74) is 6.54. The van der Waals surface area contributed by atoms with Crippen LogP contribution in [0.25, 0.3) is 0 Å². The molecule has 0 unspecified atom stereocenters. The number of hydrogen-bond donors (Lipinski definition) is 1. The molecule has 1 aromatic carbocycles. The average molecular weight is 312 g/mol. The quantitative estimate of drug-likeness (QED) is 0.857. The van der Waals surface area contributed by atoms with E-state index >= 15 is 0 Å². The summed E-state index contributed by atoms with van der Waals surface area (Å²) in [5, 5.41) is 2.58. The number of nitrogens with two attached hydrogens (primary N) is 1. The van der Waals surface area contributed by atoms with Crippen molar-refractivity contribution in [2.75, 3.05) is 12.3 Å². The maximum atomic E-state index is 12.4. The van der Waals surface area contributed by atoms with E-state index in [1.165, 1.54) is 17.4 Å². The van der Waals surface area contributed by atoms with Crippen molar-refractivity contribution in [2.24, 2.45) is 0 Å². The lowest BCUT2D eigenvalue weighted by molar-refractivity contribution is 0.339. The van der Waals surface area contributed by atoms with Gasteiger partial charge in [-0.15, -0.1) is 11.3 Å². The molecule has 0 aliphatic rings.